The van der Waals surface area contributed by atoms with Gasteiger partial charge in [0, 0.05) is 11.9 Å². The fourth-order valence-corrected chi connectivity index (χ4v) is 1.73. The van der Waals surface area contributed by atoms with Gasteiger partial charge in [-0.05, 0) is 24.3 Å². The number of benzene rings is 1. The average molecular weight is 298 g/mol. The third kappa shape index (κ3) is 3.00. The van der Waals surface area contributed by atoms with Crippen LogP contribution in [-0.2, 0) is 6.18 Å². The summed E-state index contributed by atoms with van der Waals surface area (Å²) < 4.78 is 37.8. The highest BCUT2D eigenvalue weighted by Crippen LogP contribution is 2.32. The number of alkyl halides is 3. The number of pyridine rings is 1. The Hall–Kier alpha value is -2.26. The van der Waals surface area contributed by atoms with Gasteiger partial charge in [-0.1, -0.05) is 17.7 Å². The molecule has 0 aliphatic rings. The van der Waals surface area contributed by atoms with E-state index >= 15 is 0 Å². The molecule has 1 N–H and O–H groups in total. The molecule has 0 radical (unpaired) electrons. The summed E-state index contributed by atoms with van der Waals surface area (Å²) >= 11 is 5.92. The molecule has 0 bridgehead atoms. The summed E-state index contributed by atoms with van der Waals surface area (Å²) in [4.78, 5) is 3.90. The minimum atomic E-state index is -4.43. The summed E-state index contributed by atoms with van der Waals surface area (Å²) in [7, 11) is 0. The second kappa shape index (κ2) is 5.39. The van der Waals surface area contributed by atoms with Crippen molar-refractivity contribution < 1.29 is 13.2 Å². The Bertz CT molecular complexity index is 677. The van der Waals surface area contributed by atoms with E-state index in [1.54, 1.807) is 0 Å². The summed E-state index contributed by atoms with van der Waals surface area (Å²) in [5.74, 6) is 0.130. The zero-order valence-electron chi connectivity index (χ0n) is 9.87. The van der Waals surface area contributed by atoms with E-state index in [4.69, 9.17) is 16.9 Å². The van der Waals surface area contributed by atoms with Crippen molar-refractivity contribution in [2.75, 3.05) is 5.32 Å². The lowest BCUT2D eigenvalue weighted by molar-refractivity contribution is -0.137. The van der Waals surface area contributed by atoms with Gasteiger partial charge in [0.05, 0.1) is 11.1 Å². The summed E-state index contributed by atoms with van der Waals surface area (Å²) in [5.41, 5.74) is -0.407. The van der Waals surface area contributed by atoms with Crippen LogP contribution in [0.5, 0.6) is 0 Å². The Balaban J connectivity index is 2.34. The molecule has 102 valence electrons. The molecule has 1 heterocycles. The highest BCUT2D eigenvalue weighted by atomic mass is 35.5. The standard InChI is InChI=1S/C13H7ClF3N3/c14-11-8(7-18)4-5-19-12(11)20-10-3-1-2-9(6-10)13(15,16)17/h1-6H,(H,19,20). The van der Waals surface area contributed by atoms with Crippen molar-refractivity contribution in [3.8, 4) is 6.07 Å². The van der Waals surface area contributed by atoms with Gasteiger partial charge >= 0.3 is 6.18 Å². The highest BCUT2D eigenvalue weighted by molar-refractivity contribution is 6.34. The first-order valence-electron chi connectivity index (χ1n) is 5.40. The third-order valence-corrected chi connectivity index (χ3v) is 2.84. The van der Waals surface area contributed by atoms with Crippen LogP contribution in [0.4, 0.5) is 24.7 Å². The number of halogens is 4. The van der Waals surface area contributed by atoms with Crippen LogP contribution in [0.25, 0.3) is 0 Å². The molecule has 2 aromatic rings. The topological polar surface area (TPSA) is 48.7 Å². The zero-order chi connectivity index (χ0) is 14.8. The molecule has 20 heavy (non-hydrogen) atoms. The number of nitrogens with zero attached hydrogens (tertiary/aromatic N) is 2. The first-order chi connectivity index (χ1) is 9.41. The van der Waals surface area contributed by atoms with Crippen molar-refractivity contribution in [1.82, 2.24) is 4.98 Å². The van der Waals surface area contributed by atoms with Crippen molar-refractivity contribution >= 4 is 23.1 Å². The van der Waals surface area contributed by atoms with E-state index in [-0.39, 0.29) is 22.1 Å². The Morgan fingerprint density at radius 1 is 1.25 bits per heavy atom. The van der Waals surface area contributed by atoms with E-state index in [1.807, 2.05) is 6.07 Å². The highest BCUT2D eigenvalue weighted by Gasteiger charge is 2.30. The number of rotatable bonds is 2. The summed E-state index contributed by atoms with van der Waals surface area (Å²) in [5, 5.41) is 11.5. The Morgan fingerprint density at radius 3 is 2.65 bits per heavy atom. The van der Waals surface area contributed by atoms with Crippen molar-refractivity contribution in [3.05, 3.63) is 52.7 Å². The fourth-order valence-electron chi connectivity index (χ4n) is 1.53. The maximum absolute atomic E-state index is 12.6. The quantitative estimate of drug-likeness (QED) is 0.895. The lowest BCUT2D eigenvalue weighted by Crippen LogP contribution is -2.05. The maximum Gasteiger partial charge on any atom is 0.416 e. The number of nitrogens with one attached hydrogen (secondary N) is 1. The number of nitriles is 1. The predicted molar refractivity (Wildman–Crippen MR) is 68.7 cm³/mol. The van der Waals surface area contributed by atoms with E-state index in [0.717, 1.165) is 12.1 Å². The lowest BCUT2D eigenvalue weighted by Gasteiger charge is -2.11. The predicted octanol–water partition coefficient (Wildman–Crippen LogP) is 4.37. The van der Waals surface area contributed by atoms with Gasteiger partial charge in [-0.3, -0.25) is 0 Å². The molecule has 0 amide bonds. The van der Waals surface area contributed by atoms with Crippen LogP contribution < -0.4 is 5.32 Å². The van der Waals surface area contributed by atoms with Crippen LogP contribution in [-0.4, -0.2) is 4.98 Å². The molecule has 1 aromatic carbocycles. The van der Waals surface area contributed by atoms with E-state index in [0.29, 0.717) is 0 Å². The van der Waals surface area contributed by atoms with Gasteiger partial charge in [0.2, 0.25) is 0 Å². The first kappa shape index (κ1) is 14.2. The van der Waals surface area contributed by atoms with Gasteiger partial charge in [0.25, 0.3) is 0 Å². The van der Waals surface area contributed by atoms with Crippen LogP contribution in [0.1, 0.15) is 11.1 Å². The van der Waals surface area contributed by atoms with Gasteiger partial charge in [-0.25, -0.2) is 4.98 Å². The Labute approximate surface area is 117 Å². The molecule has 0 aliphatic heterocycles. The van der Waals surface area contributed by atoms with E-state index in [2.05, 4.69) is 10.3 Å². The molecule has 0 fully saturated rings. The first-order valence-corrected chi connectivity index (χ1v) is 5.78. The molecule has 0 unspecified atom stereocenters. The van der Waals surface area contributed by atoms with Crippen molar-refractivity contribution in [2.24, 2.45) is 0 Å². The van der Waals surface area contributed by atoms with E-state index < -0.39 is 11.7 Å². The van der Waals surface area contributed by atoms with E-state index in [1.165, 1.54) is 24.4 Å². The minimum absolute atomic E-state index is 0.0624. The normalized spacial score (nSPS) is 10.9. The molecule has 2 rings (SSSR count). The molecule has 3 nitrogen and oxygen atoms in total. The van der Waals surface area contributed by atoms with Gasteiger partial charge < -0.3 is 5.32 Å². The third-order valence-electron chi connectivity index (χ3n) is 2.46. The van der Waals surface area contributed by atoms with Gasteiger partial charge in [-0.2, -0.15) is 18.4 Å². The molecule has 1 aromatic heterocycles. The average Bonchev–Trinajstić information content (AvgIpc) is 2.40. The summed E-state index contributed by atoms with van der Waals surface area (Å²) in [6, 6.07) is 7.91. The van der Waals surface area contributed by atoms with Crippen molar-refractivity contribution in [1.29, 1.82) is 5.26 Å². The summed E-state index contributed by atoms with van der Waals surface area (Å²) in [6.07, 6.45) is -3.08. The largest absolute Gasteiger partial charge is 0.416 e. The molecular weight excluding hydrogens is 291 g/mol. The second-order valence-corrected chi connectivity index (χ2v) is 4.21. The van der Waals surface area contributed by atoms with Crippen molar-refractivity contribution in [2.45, 2.75) is 6.18 Å². The van der Waals surface area contributed by atoms with Crippen LogP contribution >= 0.6 is 11.6 Å². The molecule has 7 heteroatoms. The van der Waals surface area contributed by atoms with Crippen molar-refractivity contribution in [3.63, 3.8) is 0 Å². The monoisotopic (exact) mass is 297 g/mol. The molecule has 0 saturated heterocycles. The van der Waals surface area contributed by atoms with Crippen LogP contribution in [0, 0.1) is 11.3 Å². The smallest absolute Gasteiger partial charge is 0.339 e. The molecule has 0 saturated carbocycles. The fraction of sp³-hybridized carbons (Fsp3) is 0.0769. The SMILES string of the molecule is N#Cc1ccnc(Nc2cccc(C(F)(F)F)c2)c1Cl. The number of aromatic nitrogens is 1. The number of anilines is 2. The molecular formula is C13H7ClF3N3. The molecule has 0 aliphatic carbocycles. The van der Waals surface area contributed by atoms with Crippen LogP contribution in [0.2, 0.25) is 5.02 Å². The maximum atomic E-state index is 12.6. The van der Waals surface area contributed by atoms with Gasteiger partial charge in [0.1, 0.15) is 11.1 Å². The Kier molecular flexibility index (Phi) is 3.81. The molecule has 0 atom stereocenters. The number of hydrogen-bond donors (Lipinski definition) is 1. The van der Waals surface area contributed by atoms with Gasteiger partial charge in [-0.15, -0.1) is 0 Å². The summed E-state index contributed by atoms with van der Waals surface area (Å²) in [6.45, 7) is 0. The zero-order valence-corrected chi connectivity index (χ0v) is 10.6. The second-order valence-electron chi connectivity index (χ2n) is 3.84. The van der Waals surface area contributed by atoms with Gasteiger partial charge in [0.15, 0.2) is 5.82 Å². The Morgan fingerprint density at radius 2 is 2.00 bits per heavy atom. The minimum Gasteiger partial charge on any atom is -0.339 e. The molecule has 0 spiro atoms. The van der Waals surface area contributed by atoms with Crippen LogP contribution in [0.15, 0.2) is 36.5 Å². The van der Waals surface area contributed by atoms with E-state index in [9.17, 15) is 13.2 Å². The number of hydrogen-bond acceptors (Lipinski definition) is 3. The lowest BCUT2D eigenvalue weighted by atomic mass is 10.2. The van der Waals surface area contributed by atoms with Crippen LogP contribution in [0.3, 0.4) is 0 Å².